The Morgan fingerprint density at radius 3 is 2.63 bits per heavy atom. The van der Waals surface area contributed by atoms with E-state index in [-0.39, 0.29) is 6.61 Å². The fraction of sp³-hybridized carbons (Fsp3) is 0.250. The minimum Gasteiger partial charge on any atom is -0.497 e. The van der Waals surface area contributed by atoms with Crippen LogP contribution in [0.15, 0.2) is 59.7 Å². The van der Waals surface area contributed by atoms with Crippen LogP contribution >= 0.6 is 0 Å². The molecule has 0 saturated carbocycles. The number of nitrogens with zero attached hydrogens (tertiary/aromatic N) is 1. The first-order valence-electron chi connectivity index (χ1n) is 8.56. The predicted molar refractivity (Wildman–Crippen MR) is 103 cm³/mol. The van der Waals surface area contributed by atoms with Crippen molar-refractivity contribution in [1.82, 2.24) is 10.7 Å². The predicted octanol–water partition coefficient (Wildman–Crippen LogP) is 2.50. The highest BCUT2D eigenvalue weighted by molar-refractivity contribution is 5.87. The number of nitrogens with one attached hydrogen (secondary N) is 2. The second kappa shape index (κ2) is 10.6. The van der Waals surface area contributed by atoms with Crippen LogP contribution in [0.5, 0.6) is 5.75 Å². The number of hydrazone groups is 1. The van der Waals surface area contributed by atoms with Crippen LogP contribution in [-0.2, 0) is 16.0 Å². The fourth-order valence-electron chi connectivity index (χ4n) is 2.34. The highest BCUT2D eigenvalue weighted by atomic mass is 16.5. The van der Waals surface area contributed by atoms with Crippen LogP contribution in [0, 0.1) is 0 Å². The Kier molecular flexibility index (Phi) is 7.84. The van der Waals surface area contributed by atoms with Gasteiger partial charge in [0.15, 0.2) is 0 Å². The van der Waals surface area contributed by atoms with E-state index in [2.05, 4.69) is 15.8 Å². The molecule has 2 rings (SSSR count). The summed E-state index contributed by atoms with van der Waals surface area (Å²) in [4.78, 5) is 24.2. The molecule has 0 fully saturated rings. The molecule has 27 heavy (non-hydrogen) atoms. The smallest absolute Gasteiger partial charge is 0.407 e. The molecule has 2 aromatic rings. The van der Waals surface area contributed by atoms with E-state index in [1.165, 1.54) is 6.21 Å². The summed E-state index contributed by atoms with van der Waals surface area (Å²) < 4.78 is 10.0. The molecule has 7 nitrogen and oxygen atoms in total. The molecule has 0 aliphatic carbocycles. The highest BCUT2D eigenvalue weighted by Gasteiger charge is 2.21. The third-order valence-electron chi connectivity index (χ3n) is 3.65. The Morgan fingerprint density at radius 2 is 1.93 bits per heavy atom. The van der Waals surface area contributed by atoms with Gasteiger partial charge in [-0.05, 0) is 30.2 Å². The van der Waals surface area contributed by atoms with Crippen molar-refractivity contribution in [3.05, 3.63) is 65.7 Å². The van der Waals surface area contributed by atoms with E-state index in [9.17, 15) is 9.59 Å². The van der Waals surface area contributed by atoms with Gasteiger partial charge in [-0.2, -0.15) is 5.10 Å². The van der Waals surface area contributed by atoms with Crippen molar-refractivity contribution >= 4 is 18.2 Å². The molecule has 0 unspecified atom stereocenters. The van der Waals surface area contributed by atoms with Gasteiger partial charge in [-0.3, -0.25) is 4.79 Å². The molecule has 0 saturated heterocycles. The van der Waals surface area contributed by atoms with E-state index in [0.29, 0.717) is 12.2 Å². The number of alkyl carbamates (subject to hydrolysis) is 1. The topological polar surface area (TPSA) is 89.0 Å². The number of methoxy groups -OCH3 is 1. The molecule has 2 N–H and O–H groups in total. The fourth-order valence-corrected chi connectivity index (χ4v) is 2.34. The van der Waals surface area contributed by atoms with Crippen LogP contribution < -0.4 is 15.5 Å². The van der Waals surface area contributed by atoms with E-state index in [1.807, 2.05) is 48.5 Å². The van der Waals surface area contributed by atoms with Crippen molar-refractivity contribution in [1.29, 1.82) is 0 Å². The average molecular weight is 369 g/mol. The lowest BCUT2D eigenvalue weighted by molar-refractivity contribution is -0.123. The van der Waals surface area contributed by atoms with Crippen LogP contribution in [0.2, 0.25) is 0 Å². The van der Waals surface area contributed by atoms with E-state index in [1.54, 1.807) is 20.1 Å². The number of hydrogen-bond donors (Lipinski definition) is 2. The maximum absolute atomic E-state index is 12.5. The van der Waals surface area contributed by atoms with Crippen molar-refractivity contribution < 1.29 is 19.1 Å². The minimum atomic E-state index is -0.811. The standard InChI is InChI=1S/C20H23N3O4/c1-3-27-20(25)22-18(13-15-8-5-4-6-9-15)19(24)23-21-14-16-10-7-11-17(12-16)26-2/h4-12,14,18H,3,13H2,1-2H3,(H,22,25)(H,23,24)/b21-14-/t18-/m1/s1. The van der Waals surface area contributed by atoms with E-state index in [4.69, 9.17) is 9.47 Å². The Labute approximate surface area is 158 Å². The van der Waals surface area contributed by atoms with Crippen molar-refractivity contribution in [2.75, 3.05) is 13.7 Å². The molecule has 2 aromatic carbocycles. The summed E-state index contributed by atoms with van der Waals surface area (Å²) in [5, 5.41) is 6.53. The van der Waals surface area contributed by atoms with Crippen LogP contribution in [0.1, 0.15) is 18.1 Å². The van der Waals surface area contributed by atoms with Crippen LogP contribution in [-0.4, -0.2) is 38.0 Å². The molecular formula is C20H23N3O4. The summed E-state index contributed by atoms with van der Waals surface area (Å²) in [6.45, 7) is 1.92. The number of carbonyl (C=O) groups is 2. The minimum absolute atomic E-state index is 0.222. The normalized spacial score (nSPS) is 11.6. The van der Waals surface area contributed by atoms with Crippen LogP contribution in [0.4, 0.5) is 4.79 Å². The summed E-state index contributed by atoms with van der Waals surface area (Å²) in [7, 11) is 1.58. The van der Waals surface area contributed by atoms with E-state index in [0.717, 1.165) is 11.1 Å². The van der Waals surface area contributed by atoms with Gasteiger partial charge in [-0.25, -0.2) is 10.2 Å². The van der Waals surface area contributed by atoms with Crippen LogP contribution in [0.25, 0.3) is 0 Å². The summed E-state index contributed by atoms with van der Waals surface area (Å²) in [6.07, 6.45) is 1.18. The maximum Gasteiger partial charge on any atom is 0.407 e. The lowest BCUT2D eigenvalue weighted by Crippen LogP contribution is -2.47. The first-order valence-corrected chi connectivity index (χ1v) is 8.56. The lowest BCUT2D eigenvalue weighted by Gasteiger charge is -2.16. The first kappa shape index (κ1) is 20.0. The van der Waals surface area contributed by atoms with Crippen LogP contribution in [0.3, 0.4) is 0 Å². The third kappa shape index (κ3) is 6.81. The number of ether oxygens (including phenoxy) is 2. The SMILES string of the molecule is CCOC(=O)N[C@H](Cc1ccccc1)C(=O)N/N=C\c1cccc(OC)c1. The second-order valence-electron chi connectivity index (χ2n) is 5.62. The largest absolute Gasteiger partial charge is 0.497 e. The lowest BCUT2D eigenvalue weighted by atomic mass is 10.1. The molecule has 0 aliphatic heterocycles. The third-order valence-corrected chi connectivity index (χ3v) is 3.65. The Bertz CT molecular complexity index is 778. The van der Waals surface area contributed by atoms with Gasteiger partial charge in [0.25, 0.3) is 5.91 Å². The average Bonchev–Trinajstić information content (AvgIpc) is 2.68. The van der Waals surface area contributed by atoms with Gasteiger partial charge < -0.3 is 14.8 Å². The van der Waals surface area contributed by atoms with Crippen molar-refractivity contribution in [3.63, 3.8) is 0 Å². The monoisotopic (exact) mass is 369 g/mol. The Hall–Kier alpha value is -3.35. The van der Waals surface area contributed by atoms with Gasteiger partial charge in [0.05, 0.1) is 19.9 Å². The maximum atomic E-state index is 12.5. The second-order valence-corrected chi connectivity index (χ2v) is 5.62. The molecule has 0 radical (unpaired) electrons. The first-order chi connectivity index (χ1) is 13.1. The number of carbonyl (C=O) groups excluding carboxylic acids is 2. The number of benzene rings is 2. The van der Waals surface area contributed by atoms with Gasteiger partial charge in [-0.15, -0.1) is 0 Å². The molecule has 1 atom stereocenters. The molecule has 0 aliphatic rings. The van der Waals surface area contributed by atoms with Gasteiger partial charge >= 0.3 is 6.09 Å². The highest BCUT2D eigenvalue weighted by Crippen LogP contribution is 2.10. The summed E-state index contributed by atoms with van der Waals surface area (Å²) in [6, 6.07) is 15.8. The quantitative estimate of drug-likeness (QED) is 0.553. The Morgan fingerprint density at radius 1 is 1.15 bits per heavy atom. The molecule has 0 aromatic heterocycles. The zero-order valence-electron chi connectivity index (χ0n) is 15.3. The van der Waals surface area contributed by atoms with E-state index >= 15 is 0 Å². The molecule has 0 bridgehead atoms. The zero-order chi connectivity index (χ0) is 19.5. The molecule has 0 heterocycles. The summed E-state index contributed by atoms with van der Waals surface area (Å²) in [5.74, 6) is 0.252. The number of rotatable bonds is 8. The summed E-state index contributed by atoms with van der Waals surface area (Å²) >= 11 is 0. The number of hydrogen-bond acceptors (Lipinski definition) is 5. The van der Waals surface area contributed by atoms with Crippen molar-refractivity contribution in [2.45, 2.75) is 19.4 Å². The molecule has 7 heteroatoms. The van der Waals surface area contributed by atoms with Gasteiger partial charge in [0.1, 0.15) is 11.8 Å². The Balaban J connectivity index is 2.03. The zero-order valence-corrected chi connectivity index (χ0v) is 15.3. The van der Waals surface area contributed by atoms with Gasteiger partial charge in [0, 0.05) is 6.42 Å². The molecule has 142 valence electrons. The number of amides is 2. The molecule has 0 spiro atoms. The summed E-state index contributed by atoms with van der Waals surface area (Å²) in [5.41, 5.74) is 4.14. The van der Waals surface area contributed by atoms with Gasteiger partial charge in [-0.1, -0.05) is 42.5 Å². The van der Waals surface area contributed by atoms with Crippen molar-refractivity contribution in [3.8, 4) is 5.75 Å². The van der Waals surface area contributed by atoms with E-state index < -0.39 is 18.0 Å². The van der Waals surface area contributed by atoms with Gasteiger partial charge in [0.2, 0.25) is 0 Å². The molecule has 2 amide bonds. The van der Waals surface area contributed by atoms with Crippen molar-refractivity contribution in [2.24, 2.45) is 5.10 Å². The molecular weight excluding hydrogens is 346 g/mol.